The Morgan fingerprint density at radius 3 is 2.52 bits per heavy atom. The van der Waals surface area contributed by atoms with Gasteiger partial charge in [0.25, 0.3) is 0 Å². The fourth-order valence-electron chi connectivity index (χ4n) is 1.60. The molecule has 1 aliphatic heterocycles. The molecule has 1 saturated heterocycles. The van der Waals surface area contributed by atoms with Crippen LogP contribution in [0.25, 0.3) is 0 Å². The number of nitrogens with zero attached hydrogens (tertiary/aromatic N) is 3. The van der Waals surface area contributed by atoms with Crippen molar-refractivity contribution < 1.29 is 31.4 Å². The Kier molecular flexibility index (Phi) is 12.3. The van der Waals surface area contributed by atoms with Gasteiger partial charge in [0.1, 0.15) is 18.7 Å². The van der Waals surface area contributed by atoms with Gasteiger partial charge in [0.05, 0.1) is 12.7 Å². The molecule has 1 aromatic rings. The molecule has 0 amide bonds. The first-order valence-corrected chi connectivity index (χ1v) is 10.6. The molecule has 2 rings (SSSR count). The van der Waals surface area contributed by atoms with Gasteiger partial charge in [0.2, 0.25) is 5.95 Å². The number of ether oxygens (including phenoxy) is 1. The van der Waals surface area contributed by atoms with Gasteiger partial charge in [-0.1, -0.05) is 0 Å². The van der Waals surface area contributed by atoms with Gasteiger partial charge in [0.15, 0.2) is 0 Å². The molecule has 21 heavy (non-hydrogen) atoms. The molecule has 0 aromatic carbocycles. The molecule has 0 saturated carbocycles. The van der Waals surface area contributed by atoms with E-state index >= 15 is 0 Å². The summed E-state index contributed by atoms with van der Waals surface area (Å²) in [6.07, 6.45) is -0.741. The third-order valence-electron chi connectivity index (χ3n) is 2.44. The number of anilines is 1. The van der Waals surface area contributed by atoms with Gasteiger partial charge in [-0.15, -0.1) is 0 Å². The molecule has 0 spiro atoms. The predicted octanol–water partition coefficient (Wildman–Crippen LogP) is -0.438. The number of nitrogen functional groups attached to an aromatic ring is 1. The van der Waals surface area contributed by atoms with Crippen LogP contribution in [0.2, 0.25) is 0 Å². The van der Waals surface area contributed by atoms with E-state index < -0.39 is 40.6 Å². The number of aliphatic hydroxyl groups is 2. The van der Waals surface area contributed by atoms with Crippen molar-refractivity contribution in [1.29, 1.82) is 0 Å². The number of nitrogens with two attached hydrogens (primary N) is 1. The molecule has 0 radical (unpaired) electrons. The summed E-state index contributed by atoms with van der Waals surface area (Å²) in [5.41, 5.74) is 4.65. The van der Waals surface area contributed by atoms with Crippen LogP contribution in [0.15, 0.2) is 11.1 Å². The van der Waals surface area contributed by atoms with Crippen molar-refractivity contribution in [3.8, 4) is 0 Å². The molecule has 0 bridgehead atoms. The van der Waals surface area contributed by atoms with Crippen LogP contribution in [0.5, 0.6) is 0 Å². The number of hydrogen-bond donors (Lipinski definition) is 5. The number of halogens is 2. The van der Waals surface area contributed by atoms with E-state index in [2.05, 4.69) is 9.97 Å². The summed E-state index contributed by atoms with van der Waals surface area (Å²) in [6.45, 7) is -0.303. The molecule has 1 fully saturated rings. The summed E-state index contributed by atoms with van der Waals surface area (Å²) >= 11 is -0.472. The Labute approximate surface area is 137 Å². The zero-order valence-electron chi connectivity index (χ0n) is 10.8. The maximum absolute atomic E-state index is 11.4. The first kappa shape index (κ1) is 23.0. The molecule has 0 aliphatic carbocycles. The van der Waals surface area contributed by atoms with E-state index in [1.54, 1.807) is 0 Å². The Bertz CT molecular complexity index is 467. The van der Waals surface area contributed by atoms with Crippen LogP contribution in [-0.4, -0.2) is 43.6 Å². The Morgan fingerprint density at radius 1 is 1.52 bits per heavy atom. The molecule has 10 nitrogen and oxygen atoms in total. The third-order valence-corrected chi connectivity index (χ3v) is 2.44. The molecule has 3 atom stereocenters. The van der Waals surface area contributed by atoms with Crippen molar-refractivity contribution in [2.45, 2.75) is 24.9 Å². The maximum atomic E-state index is 11.4. The second-order valence-electron chi connectivity index (χ2n) is 3.56. The van der Waals surface area contributed by atoms with Crippen molar-refractivity contribution in [1.82, 2.24) is 26.8 Å². The summed E-state index contributed by atoms with van der Waals surface area (Å²) in [5.74, 6) is -0.112. The molecule has 2 heterocycles. The quantitative estimate of drug-likeness (QED) is 0.338. The molecule has 1 aliphatic rings. The Balaban J connectivity index is 0. The average Bonchev–Trinajstić information content (AvgIpc) is 2.71. The van der Waals surface area contributed by atoms with E-state index in [0.717, 1.165) is 4.57 Å². The van der Waals surface area contributed by atoms with E-state index in [0.29, 0.717) is 0 Å². The zero-order valence-corrected chi connectivity index (χ0v) is 14.6. The van der Waals surface area contributed by atoms with Crippen LogP contribution in [-0.2, 0) is 21.2 Å². The van der Waals surface area contributed by atoms with E-state index in [9.17, 15) is 9.90 Å². The van der Waals surface area contributed by atoms with Gasteiger partial charge in [-0.05, 0) is 0 Å². The monoisotopic (exact) mass is 527 g/mol. The van der Waals surface area contributed by atoms with E-state index in [1.165, 1.54) is 6.33 Å². The normalized spacial score (nSPS) is 23.5. The summed E-state index contributed by atoms with van der Waals surface area (Å²) in [6, 6.07) is 0. The molecule has 10 N–H and O–H groups in total. The second kappa shape index (κ2) is 11.3. The van der Waals surface area contributed by atoms with E-state index in [4.69, 9.17) is 34.4 Å². The molecule has 128 valence electrons. The summed E-state index contributed by atoms with van der Waals surface area (Å²) in [4.78, 5) is 18.5. The standard InChI is InChI=1S/C8H12N4O4.2ClH.2H3N.Pt/c9-7-10-3-12(8(15)11-7)6-1-4(14)5(2-13)16-6;;;;;/h3-6,13-14H,1-2H2,(H2,9,11,15);2*1H;2*1H3;/q;;;;;+2/p-2/t4-,5+,6+;;;;;/m0...../s1. The van der Waals surface area contributed by atoms with Gasteiger partial charge in [-0.2, -0.15) is 4.98 Å². The number of aliphatic hydroxyl groups excluding tert-OH is 2. The van der Waals surface area contributed by atoms with Gasteiger partial charge in [-0.25, -0.2) is 9.78 Å². The Hall–Kier alpha value is -0.322. The molecule has 1 aromatic heterocycles. The zero-order chi connectivity index (χ0) is 14.4. The summed E-state index contributed by atoms with van der Waals surface area (Å²) in [7, 11) is 9.75. The summed E-state index contributed by atoms with van der Waals surface area (Å²) in [5, 5.41) is 18.4. The number of aromatic nitrogens is 3. The van der Waals surface area contributed by atoms with Crippen molar-refractivity contribution >= 4 is 24.8 Å². The van der Waals surface area contributed by atoms with Crippen LogP contribution in [0.3, 0.4) is 0 Å². The Morgan fingerprint density at radius 2 is 2.10 bits per heavy atom. The molecular weight excluding hydrogens is 510 g/mol. The minimum atomic E-state index is -0.806. The number of hydrogen-bond acceptors (Lipinski definition) is 9. The molecular formula is C8H18Cl2N6O4Pt. The van der Waals surface area contributed by atoms with Gasteiger partial charge >= 0.3 is 41.0 Å². The van der Waals surface area contributed by atoms with Gasteiger partial charge < -0.3 is 33.0 Å². The fourth-order valence-corrected chi connectivity index (χ4v) is 1.60. The predicted molar refractivity (Wildman–Crippen MR) is 74.1 cm³/mol. The van der Waals surface area contributed by atoms with Gasteiger partial charge in [0, 0.05) is 6.42 Å². The van der Waals surface area contributed by atoms with Crippen molar-refractivity contribution in [2.24, 2.45) is 0 Å². The van der Waals surface area contributed by atoms with Crippen molar-refractivity contribution in [3.63, 3.8) is 0 Å². The summed E-state index contributed by atoms with van der Waals surface area (Å²) < 4.78 is 6.41. The SMILES string of the molecule is N.N.Nc1ncn([C@H]2C[C@H](O)[C@@H](CO)O2)c(=O)n1.[Cl][Pt][Cl]. The van der Waals surface area contributed by atoms with Crippen LogP contribution in [0.4, 0.5) is 5.95 Å². The third kappa shape index (κ3) is 6.53. The van der Waals surface area contributed by atoms with Crippen LogP contribution in [0.1, 0.15) is 12.6 Å². The second-order valence-corrected chi connectivity index (χ2v) is 6.85. The van der Waals surface area contributed by atoms with Crippen molar-refractivity contribution in [2.75, 3.05) is 12.3 Å². The van der Waals surface area contributed by atoms with E-state index in [1.807, 2.05) is 0 Å². The van der Waals surface area contributed by atoms with Crippen LogP contribution in [0, 0.1) is 0 Å². The van der Waals surface area contributed by atoms with Crippen molar-refractivity contribution in [3.05, 3.63) is 16.8 Å². The average molecular weight is 528 g/mol. The minimum absolute atomic E-state index is 0. The molecule has 13 heteroatoms. The van der Waals surface area contributed by atoms with Crippen LogP contribution < -0.4 is 23.7 Å². The fraction of sp³-hybridized carbons (Fsp3) is 0.625. The number of rotatable bonds is 2. The van der Waals surface area contributed by atoms with Crippen LogP contribution >= 0.6 is 18.8 Å². The van der Waals surface area contributed by atoms with E-state index in [-0.39, 0.29) is 31.3 Å². The molecule has 0 unspecified atom stereocenters. The van der Waals surface area contributed by atoms with Gasteiger partial charge in [-0.3, -0.25) is 4.57 Å². The topological polar surface area (TPSA) is 193 Å². The first-order chi connectivity index (χ1) is 9.03. The first-order valence-electron chi connectivity index (χ1n) is 5.00.